The predicted molar refractivity (Wildman–Crippen MR) is 62.3 cm³/mol. The Balaban J connectivity index is 2.32. The van der Waals surface area contributed by atoms with Gasteiger partial charge in [-0.15, -0.1) is 5.06 Å². The molecule has 0 aliphatic carbocycles. The van der Waals surface area contributed by atoms with Crippen LogP contribution in [-0.4, -0.2) is 48.2 Å². The van der Waals surface area contributed by atoms with Gasteiger partial charge in [0, 0.05) is 44.0 Å². The van der Waals surface area contributed by atoms with E-state index in [0.29, 0.717) is 11.7 Å². The fourth-order valence-corrected chi connectivity index (χ4v) is 1.65. The molecule has 2 N–H and O–H groups in total. The minimum atomic E-state index is -0.391. The molecule has 0 amide bonds. The first-order chi connectivity index (χ1) is 7.49. The number of nitrogens with two attached hydrogens (primary N) is 1. The van der Waals surface area contributed by atoms with E-state index in [1.165, 1.54) is 6.08 Å². The molecule has 0 aromatic rings. The van der Waals surface area contributed by atoms with Gasteiger partial charge in [0.25, 0.3) is 0 Å². The monoisotopic (exact) mass is 227 g/mol. The van der Waals surface area contributed by atoms with Gasteiger partial charge in [-0.3, -0.25) is 4.90 Å². The maximum atomic E-state index is 11.3. The summed E-state index contributed by atoms with van der Waals surface area (Å²) in [7, 11) is 0. The molecule has 16 heavy (non-hydrogen) atoms. The Kier molecular flexibility index (Phi) is 4.76. The van der Waals surface area contributed by atoms with Gasteiger partial charge in [-0.25, -0.2) is 4.79 Å². The molecule has 0 spiro atoms. The second kappa shape index (κ2) is 5.86. The van der Waals surface area contributed by atoms with E-state index in [1.807, 2.05) is 0 Å². The molecule has 0 radical (unpaired) electrons. The summed E-state index contributed by atoms with van der Waals surface area (Å²) in [4.78, 5) is 18.8. The van der Waals surface area contributed by atoms with Gasteiger partial charge in [-0.2, -0.15) is 0 Å². The maximum Gasteiger partial charge on any atom is 0.351 e. The third-order valence-corrected chi connectivity index (χ3v) is 2.57. The van der Waals surface area contributed by atoms with Gasteiger partial charge in [0.2, 0.25) is 0 Å². The topological polar surface area (TPSA) is 58.8 Å². The Morgan fingerprint density at radius 3 is 2.31 bits per heavy atom. The number of hydrogen-bond donors (Lipinski definition) is 1. The zero-order valence-corrected chi connectivity index (χ0v) is 10.3. The summed E-state index contributed by atoms with van der Waals surface area (Å²) in [5, 5.41) is 1.70. The highest BCUT2D eigenvalue weighted by Gasteiger charge is 2.20. The molecule has 0 aromatic heterocycles. The van der Waals surface area contributed by atoms with Crippen LogP contribution in [0, 0.1) is 0 Å². The van der Waals surface area contributed by atoms with Crippen LogP contribution in [0.2, 0.25) is 0 Å². The molecule has 0 aromatic carbocycles. The van der Waals surface area contributed by atoms with E-state index < -0.39 is 5.97 Å². The minimum Gasteiger partial charge on any atom is -0.402 e. The van der Waals surface area contributed by atoms with Gasteiger partial charge in [-0.1, -0.05) is 0 Å². The van der Waals surface area contributed by atoms with Gasteiger partial charge >= 0.3 is 5.97 Å². The van der Waals surface area contributed by atoms with E-state index in [9.17, 15) is 4.79 Å². The summed E-state index contributed by atoms with van der Waals surface area (Å²) in [6, 6.07) is 0.545. The lowest BCUT2D eigenvalue weighted by molar-refractivity contribution is -0.192. The number of nitrogens with zero attached hydrogens (tertiary/aromatic N) is 2. The number of hydroxylamine groups is 2. The van der Waals surface area contributed by atoms with Crippen LogP contribution in [0.15, 0.2) is 11.8 Å². The van der Waals surface area contributed by atoms with E-state index >= 15 is 0 Å². The summed E-state index contributed by atoms with van der Waals surface area (Å²) in [6.45, 7) is 9.36. The summed E-state index contributed by atoms with van der Waals surface area (Å²) < 4.78 is 0. The molecule has 1 aliphatic heterocycles. The van der Waals surface area contributed by atoms with Crippen LogP contribution >= 0.6 is 0 Å². The molecule has 92 valence electrons. The van der Waals surface area contributed by atoms with Crippen LogP contribution in [0.4, 0.5) is 0 Å². The van der Waals surface area contributed by atoms with Gasteiger partial charge < -0.3 is 10.6 Å². The van der Waals surface area contributed by atoms with E-state index in [4.69, 9.17) is 10.6 Å². The van der Waals surface area contributed by atoms with Crippen molar-refractivity contribution in [3.63, 3.8) is 0 Å². The van der Waals surface area contributed by atoms with Crippen molar-refractivity contribution >= 4 is 5.97 Å². The molecule has 1 aliphatic rings. The average Bonchev–Trinajstić information content (AvgIpc) is 2.16. The lowest BCUT2D eigenvalue weighted by atomic mass is 10.3. The maximum absolute atomic E-state index is 11.3. The molecule has 1 rings (SSSR count). The van der Waals surface area contributed by atoms with Gasteiger partial charge in [0.1, 0.15) is 0 Å². The van der Waals surface area contributed by atoms with Crippen molar-refractivity contribution in [1.29, 1.82) is 0 Å². The Labute approximate surface area is 96.8 Å². The van der Waals surface area contributed by atoms with Crippen molar-refractivity contribution in [2.45, 2.75) is 26.8 Å². The van der Waals surface area contributed by atoms with Crippen molar-refractivity contribution in [3.8, 4) is 0 Å². The van der Waals surface area contributed by atoms with Gasteiger partial charge in [-0.05, 0) is 20.8 Å². The van der Waals surface area contributed by atoms with Crippen LogP contribution in [0.3, 0.4) is 0 Å². The van der Waals surface area contributed by atoms with E-state index in [-0.39, 0.29) is 0 Å². The average molecular weight is 227 g/mol. The Bertz CT molecular complexity index is 264. The summed E-state index contributed by atoms with van der Waals surface area (Å²) in [5.74, 6) is -0.391. The van der Waals surface area contributed by atoms with E-state index in [1.54, 1.807) is 12.0 Å². The summed E-state index contributed by atoms with van der Waals surface area (Å²) in [5.41, 5.74) is 5.86. The van der Waals surface area contributed by atoms with Gasteiger partial charge in [0.15, 0.2) is 0 Å². The van der Waals surface area contributed by atoms with Crippen molar-refractivity contribution in [1.82, 2.24) is 9.96 Å². The normalized spacial score (nSPS) is 20.1. The predicted octanol–water partition coefficient (Wildman–Crippen LogP) is 0.333. The van der Waals surface area contributed by atoms with Crippen LogP contribution in [0.25, 0.3) is 0 Å². The Morgan fingerprint density at radius 1 is 1.31 bits per heavy atom. The highest BCUT2D eigenvalue weighted by atomic mass is 16.7. The second-order valence-electron chi connectivity index (χ2n) is 4.36. The molecule has 5 nitrogen and oxygen atoms in total. The molecule has 0 bridgehead atoms. The van der Waals surface area contributed by atoms with Crippen LogP contribution in [-0.2, 0) is 9.63 Å². The number of carbonyl (C=O) groups is 1. The zero-order chi connectivity index (χ0) is 12.1. The number of carbonyl (C=O) groups excluding carboxylic acids is 1. The quantitative estimate of drug-likeness (QED) is 0.704. The standard InChI is InChI=1S/C11H21N3O2/c1-9(2)13-4-6-14(7-5-13)16-11(15)8-10(3)12/h8-9H,4-7,12H2,1-3H3/b10-8-. The molecule has 1 heterocycles. The Hall–Kier alpha value is -1.07. The zero-order valence-electron chi connectivity index (χ0n) is 10.3. The molecule has 5 heteroatoms. The lowest BCUT2D eigenvalue weighted by Crippen LogP contribution is -2.49. The van der Waals surface area contributed by atoms with Crippen LogP contribution < -0.4 is 5.73 Å². The fourth-order valence-electron chi connectivity index (χ4n) is 1.65. The number of allylic oxidation sites excluding steroid dienone is 1. The van der Waals surface area contributed by atoms with Crippen molar-refractivity contribution in [2.75, 3.05) is 26.2 Å². The molecule has 0 atom stereocenters. The molecule has 1 fully saturated rings. The molecular weight excluding hydrogens is 206 g/mol. The summed E-state index contributed by atoms with van der Waals surface area (Å²) in [6.07, 6.45) is 1.30. The van der Waals surface area contributed by atoms with Crippen molar-refractivity contribution < 1.29 is 9.63 Å². The first-order valence-corrected chi connectivity index (χ1v) is 5.63. The van der Waals surface area contributed by atoms with Crippen molar-refractivity contribution in [3.05, 3.63) is 11.8 Å². The third kappa shape index (κ3) is 4.20. The van der Waals surface area contributed by atoms with E-state index in [2.05, 4.69) is 18.7 Å². The lowest BCUT2D eigenvalue weighted by Gasteiger charge is -2.35. The van der Waals surface area contributed by atoms with Crippen LogP contribution in [0.5, 0.6) is 0 Å². The molecule has 1 saturated heterocycles. The number of piperazine rings is 1. The highest BCUT2D eigenvalue weighted by Crippen LogP contribution is 2.06. The molecule has 0 unspecified atom stereocenters. The largest absolute Gasteiger partial charge is 0.402 e. The first kappa shape index (κ1) is 13.0. The SMILES string of the molecule is C/C(N)=C/C(=O)ON1CCN(C(C)C)CC1. The molecule has 0 saturated carbocycles. The Morgan fingerprint density at radius 2 is 1.88 bits per heavy atom. The van der Waals surface area contributed by atoms with E-state index in [0.717, 1.165) is 26.2 Å². The molecular formula is C11H21N3O2. The minimum absolute atomic E-state index is 0.391. The second-order valence-corrected chi connectivity index (χ2v) is 4.36. The number of rotatable bonds is 3. The fraction of sp³-hybridized carbons (Fsp3) is 0.727. The smallest absolute Gasteiger partial charge is 0.351 e. The third-order valence-electron chi connectivity index (χ3n) is 2.57. The van der Waals surface area contributed by atoms with Crippen LogP contribution in [0.1, 0.15) is 20.8 Å². The number of hydrogen-bond acceptors (Lipinski definition) is 5. The highest BCUT2D eigenvalue weighted by molar-refractivity contribution is 5.82. The van der Waals surface area contributed by atoms with Crippen molar-refractivity contribution in [2.24, 2.45) is 5.73 Å². The summed E-state index contributed by atoms with van der Waals surface area (Å²) >= 11 is 0. The van der Waals surface area contributed by atoms with Gasteiger partial charge in [0.05, 0.1) is 0 Å². The first-order valence-electron chi connectivity index (χ1n) is 5.63.